The van der Waals surface area contributed by atoms with Gasteiger partial charge in [0.1, 0.15) is 5.52 Å². The quantitative estimate of drug-likeness (QED) is 0.423. The highest BCUT2D eigenvalue weighted by Crippen LogP contribution is 2.23. The Morgan fingerprint density at radius 1 is 1.06 bits per heavy atom. The smallest absolute Gasteiger partial charge is 0.181 e. The van der Waals surface area contributed by atoms with Crippen LogP contribution in [0.1, 0.15) is 5.56 Å². The zero-order valence-corrected chi connectivity index (χ0v) is 9.58. The molecule has 0 aliphatic carbocycles. The number of hydrogen-bond acceptors (Lipinski definition) is 4. The fourth-order valence-electron chi connectivity index (χ4n) is 1.89. The minimum absolute atomic E-state index is 0.797. The highest BCUT2D eigenvalue weighted by atomic mass is 16.3. The summed E-state index contributed by atoms with van der Waals surface area (Å²) >= 11 is 0. The van der Waals surface area contributed by atoms with E-state index >= 15 is 0 Å². The third-order valence-corrected chi connectivity index (χ3v) is 2.80. The van der Waals surface area contributed by atoms with E-state index in [4.69, 9.17) is 10.3 Å². The van der Waals surface area contributed by atoms with Gasteiger partial charge in [0.15, 0.2) is 12.0 Å². The molecule has 0 fully saturated rings. The first-order valence-electron chi connectivity index (χ1n) is 5.54. The van der Waals surface area contributed by atoms with Crippen LogP contribution >= 0.6 is 0 Å². The molecule has 1 aromatic heterocycles. The molecule has 2 N–H and O–H groups in total. The lowest BCUT2D eigenvalue weighted by molar-refractivity contribution is 0.602. The third-order valence-electron chi connectivity index (χ3n) is 2.80. The van der Waals surface area contributed by atoms with Crippen LogP contribution in [0.3, 0.4) is 0 Å². The van der Waals surface area contributed by atoms with Crippen LogP contribution in [0.2, 0.25) is 0 Å². The first-order chi connectivity index (χ1) is 8.86. The summed E-state index contributed by atoms with van der Waals surface area (Å²) in [7, 11) is 0. The molecule has 18 heavy (non-hydrogen) atoms. The van der Waals surface area contributed by atoms with Crippen LogP contribution in [0.5, 0.6) is 0 Å². The summed E-state index contributed by atoms with van der Waals surface area (Å²) in [6.07, 6.45) is 3.07. The Morgan fingerprint density at radius 3 is 2.61 bits per heavy atom. The van der Waals surface area contributed by atoms with Gasteiger partial charge in [-0.3, -0.25) is 0 Å². The standard InChI is InChI=1S/C14H11N3O/c15-17-8-10-1-3-11(4-2-10)12-5-6-14-13(7-12)16-9-18-14/h1-9H,15H2. The molecule has 1 heterocycles. The van der Waals surface area contributed by atoms with Gasteiger partial charge in [0.2, 0.25) is 0 Å². The lowest BCUT2D eigenvalue weighted by Gasteiger charge is -2.01. The summed E-state index contributed by atoms with van der Waals surface area (Å²) in [5, 5.41) is 3.49. The fraction of sp³-hybridized carbons (Fsp3) is 0. The molecule has 4 heteroatoms. The zero-order chi connectivity index (χ0) is 12.4. The molecular formula is C14H11N3O. The van der Waals surface area contributed by atoms with Crippen LogP contribution in [0.4, 0.5) is 0 Å². The monoisotopic (exact) mass is 237 g/mol. The van der Waals surface area contributed by atoms with Crippen molar-refractivity contribution in [1.29, 1.82) is 0 Å². The highest BCUT2D eigenvalue weighted by molar-refractivity contribution is 5.83. The van der Waals surface area contributed by atoms with E-state index in [2.05, 4.69) is 10.1 Å². The fourth-order valence-corrected chi connectivity index (χ4v) is 1.89. The van der Waals surface area contributed by atoms with Crippen molar-refractivity contribution in [3.8, 4) is 11.1 Å². The number of aromatic nitrogens is 1. The molecule has 0 amide bonds. The summed E-state index contributed by atoms with van der Waals surface area (Å²) in [6, 6.07) is 13.9. The second-order valence-electron chi connectivity index (χ2n) is 3.94. The molecular weight excluding hydrogens is 226 g/mol. The molecule has 2 aromatic carbocycles. The first kappa shape index (κ1) is 10.5. The van der Waals surface area contributed by atoms with Crippen molar-refractivity contribution in [2.75, 3.05) is 0 Å². The van der Waals surface area contributed by atoms with E-state index in [9.17, 15) is 0 Å². The van der Waals surface area contributed by atoms with Gasteiger partial charge < -0.3 is 10.3 Å². The van der Waals surface area contributed by atoms with Crippen LogP contribution in [0, 0.1) is 0 Å². The van der Waals surface area contributed by atoms with E-state index in [-0.39, 0.29) is 0 Å². The molecule has 4 nitrogen and oxygen atoms in total. The van der Waals surface area contributed by atoms with E-state index in [1.807, 2.05) is 42.5 Å². The molecule has 0 bridgehead atoms. The normalized spacial score (nSPS) is 11.3. The predicted molar refractivity (Wildman–Crippen MR) is 71.2 cm³/mol. The van der Waals surface area contributed by atoms with E-state index in [0.717, 1.165) is 27.8 Å². The summed E-state index contributed by atoms with van der Waals surface area (Å²) in [6.45, 7) is 0. The van der Waals surface area contributed by atoms with Crippen LogP contribution in [-0.4, -0.2) is 11.2 Å². The first-order valence-corrected chi connectivity index (χ1v) is 5.54. The Labute approximate surface area is 104 Å². The van der Waals surface area contributed by atoms with Gasteiger partial charge in [-0.1, -0.05) is 30.3 Å². The van der Waals surface area contributed by atoms with Crippen molar-refractivity contribution in [3.63, 3.8) is 0 Å². The van der Waals surface area contributed by atoms with Crippen molar-refractivity contribution in [1.82, 2.24) is 4.98 Å². The molecule has 0 unspecified atom stereocenters. The SMILES string of the molecule is NN=Cc1ccc(-c2ccc3ocnc3c2)cc1. The molecule has 0 aliphatic heterocycles. The molecule has 88 valence electrons. The van der Waals surface area contributed by atoms with Gasteiger partial charge in [-0.15, -0.1) is 0 Å². The van der Waals surface area contributed by atoms with Gasteiger partial charge >= 0.3 is 0 Å². The number of oxazole rings is 1. The van der Waals surface area contributed by atoms with Gasteiger partial charge in [0.25, 0.3) is 0 Å². The second-order valence-corrected chi connectivity index (χ2v) is 3.94. The van der Waals surface area contributed by atoms with Gasteiger partial charge in [-0.05, 0) is 28.8 Å². The Balaban J connectivity index is 2.02. The van der Waals surface area contributed by atoms with Crippen LogP contribution in [-0.2, 0) is 0 Å². The molecule has 3 rings (SSSR count). The van der Waals surface area contributed by atoms with E-state index < -0.39 is 0 Å². The van der Waals surface area contributed by atoms with Crippen LogP contribution in [0.25, 0.3) is 22.2 Å². The average molecular weight is 237 g/mol. The maximum atomic E-state index is 5.22. The number of fused-ring (bicyclic) bond motifs is 1. The average Bonchev–Trinajstić information content (AvgIpc) is 2.87. The topological polar surface area (TPSA) is 64.4 Å². The third kappa shape index (κ3) is 1.84. The Bertz CT molecular complexity index is 698. The summed E-state index contributed by atoms with van der Waals surface area (Å²) < 4.78 is 5.22. The zero-order valence-electron chi connectivity index (χ0n) is 9.58. The predicted octanol–water partition coefficient (Wildman–Crippen LogP) is 2.79. The minimum Gasteiger partial charge on any atom is -0.443 e. The largest absolute Gasteiger partial charge is 0.443 e. The maximum absolute atomic E-state index is 5.22. The minimum atomic E-state index is 0.797. The van der Waals surface area contributed by atoms with Crippen molar-refractivity contribution in [2.45, 2.75) is 0 Å². The van der Waals surface area contributed by atoms with Gasteiger partial charge in [0, 0.05) is 0 Å². The summed E-state index contributed by atoms with van der Waals surface area (Å²) in [5.41, 5.74) is 4.86. The second kappa shape index (κ2) is 4.33. The number of benzene rings is 2. The number of hydrogen-bond donors (Lipinski definition) is 1. The molecule has 0 atom stereocenters. The molecule has 0 radical (unpaired) electrons. The van der Waals surface area contributed by atoms with E-state index in [1.165, 1.54) is 6.39 Å². The molecule has 3 aromatic rings. The number of nitrogens with two attached hydrogens (primary N) is 1. The Hall–Kier alpha value is -2.62. The molecule has 0 saturated heterocycles. The number of nitrogens with zero attached hydrogens (tertiary/aromatic N) is 2. The highest BCUT2D eigenvalue weighted by Gasteiger charge is 2.02. The van der Waals surface area contributed by atoms with Gasteiger partial charge in [-0.2, -0.15) is 5.10 Å². The lowest BCUT2D eigenvalue weighted by Crippen LogP contribution is -1.86. The number of hydrazone groups is 1. The number of rotatable bonds is 2. The summed E-state index contributed by atoms with van der Waals surface area (Å²) in [4.78, 5) is 4.15. The van der Waals surface area contributed by atoms with E-state index in [1.54, 1.807) is 6.21 Å². The van der Waals surface area contributed by atoms with Crippen LogP contribution in [0.15, 0.2) is 58.4 Å². The van der Waals surface area contributed by atoms with E-state index in [0.29, 0.717) is 0 Å². The van der Waals surface area contributed by atoms with Crippen molar-refractivity contribution >= 4 is 17.3 Å². The summed E-state index contributed by atoms with van der Waals surface area (Å²) in [5.74, 6) is 5.11. The Kier molecular flexibility index (Phi) is 2.53. The molecule has 0 aliphatic rings. The Morgan fingerprint density at radius 2 is 1.83 bits per heavy atom. The molecule has 0 saturated carbocycles. The van der Waals surface area contributed by atoms with Gasteiger partial charge in [-0.25, -0.2) is 4.98 Å². The lowest BCUT2D eigenvalue weighted by atomic mass is 10.0. The van der Waals surface area contributed by atoms with Gasteiger partial charge in [0.05, 0.1) is 6.21 Å². The van der Waals surface area contributed by atoms with Crippen molar-refractivity contribution in [3.05, 3.63) is 54.4 Å². The van der Waals surface area contributed by atoms with Crippen molar-refractivity contribution in [2.24, 2.45) is 10.9 Å². The molecule has 0 spiro atoms. The maximum Gasteiger partial charge on any atom is 0.181 e. The van der Waals surface area contributed by atoms with Crippen molar-refractivity contribution < 1.29 is 4.42 Å². The van der Waals surface area contributed by atoms with Crippen LogP contribution < -0.4 is 5.84 Å².